The van der Waals surface area contributed by atoms with E-state index in [-0.39, 0.29) is 12.5 Å². The van der Waals surface area contributed by atoms with Crippen LogP contribution < -0.4 is 5.32 Å². The highest BCUT2D eigenvalue weighted by Gasteiger charge is 2.28. The van der Waals surface area contributed by atoms with Crippen LogP contribution in [0.25, 0.3) is 17.2 Å². The van der Waals surface area contributed by atoms with Gasteiger partial charge in [0.15, 0.2) is 0 Å². The van der Waals surface area contributed by atoms with E-state index >= 15 is 0 Å². The Morgan fingerprint density at radius 1 is 1.07 bits per heavy atom. The number of alkyl carbamates (subject to hydrolysis) is 1. The number of carbonyl (C=O) groups is 1. The molecule has 5 nitrogen and oxygen atoms in total. The van der Waals surface area contributed by atoms with Crippen molar-refractivity contribution in [3.8, 4) is 11.1 Å². The number of aliphatic hydroxyl groups is 1. The Balaban J connectivity index is 1.32. The number of aliphatic hydroxyl groups excluding tert-OH is 1. The Hall–Kier alpha value is -3.44. The molecular formula is C24H22N2O3. The number of carbonyl (C=O) groups excluding carboxylic acids is 1. The number of nitrogens with one attached hydrogen (secondary N) is 1. The second-order valence-corrected chi connectivity index (χ2v) is 6.89. The summed E-state index contributed by atoms with van der Waals surface area (Å²) in [6.45, 7) is 0.596. The number of pyridine rings is 1. The van der Waals surface area contributed by atoms with E-state index in [4.69, 9.17) is 9.84 Å². The van der Waals surface area contributed by atoms with Crippen LogP contribution in [0.4, 0.5) is 4.79 Å². The number of rotatable bonds is 6. The number of amides is 1. The van der Waals surface area contributed by atoms with E-state index in [0.29, 0.717) is 13.2 Å². The second-order valence-electron chi connectivity index (χ2n) is 6.89. The maximum atomic E-state index is 12.1. The van der Waals surface area contributed by atoms with Gasteiger partial charge in [-0.1, -0.05) is 60.7 Å². The van der Waals surface area contributed by atoms with Crippen LogP contribution in [0.1, 0.15) is 28.2 Å². The van der Waals surface area contributed by atoms with E-state index in [1.807, 2.05) is 42.5 Å². The minimum atomic E-state index is -0.446. The number of nitrogens with zero attached hydrogens (tertiary/aromatic N) is 1. The molecular weight excluding hydrogens is 364 g/mol. The normalized spacial score (nSPS) is 12.6. The van der Waals surface area contributed by atoms with Crippen molar-refractivity contribution in [1.29, 1.82) is 0 Å². The highest BCUT2D eigenvalue weighted by molar-refractivity contribution is 5.79. The third-order valence-electron chi connectivity index (χ3n) is 5.02. The predicted octanol–water partition coefficient (Wildman–Crippen LogP) is 4.13. The van der Waals surface area contributed by atoms with Crippen molar-refractivity contribution in [2.75, 3.05) is 13.2 Å². The average Bonchev–Trinajstić information content (AvgIpc) is 3.09. The summed E-state index contributed by atoms with van der Waals surface area (Å²) in [5, 5.41) is 11.9. The zero-order chi connectivity index (χ0) is 20.1. The number of aromatic nitrogens is 1. The fourth-order valence-corrected chi connectivity index (χ4v) is 3.67. The van der Waals surface area contributed by atoms with E-state index in [1.165, 1.54) is 22.3 Å². The summed E-state index contributed by atoms with van der Waals surface area (Å²) in [6.07, 6.45) is 6.53. The zero-order valence-corrected chi connectivity index (χ0v) is 15.9. The summed E-state index contributed by atoms with van der Waals surface area (Å²) in [5.74, 6) is 0.0518. The number of hydrogen-bond acceptors (Lipinski definition) is 4. The van der Waals surface area contributed by atoms with E-state index in [9.17, 15) is 4.79 Å². The SMILES string of the molecule is O=C(NCC=Cc1cncc(CO)c1)OCC1c2ccccc2-c2ccccc21. The fourth-order valence-electron chi connectivity index (χ4n) is 3.67. The molecule has 1 amide bonds. The lowest BCUT2D eigenvalue weighted by Crippen LogP contribution is -2.26. The molecule has 1 heterocycles. The van der Waals surface area contributed by atoms with Gasteiger partial charge in [0.05, 0.1) is 6.61 Å². The lowest BCUT2D eigenvalue weighted by Gasteiger charge is -2.14. The molecule has 1 aromatic heterocycles. The van der Waals surface area contributed by atoms with Gasteiger partial charge in [0.2, 0.25) is 0 Å². The van der Waals surface area contributed by atoms with Gasteiger partial charge in [-0.15, -0.1) is 0 Å². The third kappa shape index (κ3) is 4.20. The van der Waals surface area contributed by atoms with E-state index in [1.54, 1.807) is 12.4 Å². The van der Waals surface area contributed by atoms with E-state index < -0.39 is 6.09 Å². The quantitative estimate of drug-likeness (QED) is 0.668. The standard InChI is InChI=1S/C24H22N2O3/c27-15-18-12-17(13-25-14-18)6-5-11-26-24(28)29-16-23-21-9-3-1-7-19(21)20-8-2-4-10-22(20)23/h1-10,12-14,23,27H,11,15-16H2,(H,26,28). The van der Waals surface area contributed by atoms with Gasteiger partial charge in [-0.05, 0) is 39.4 Å². The molecule has 2 N–H and O–H groups in total. The first-order chi connectivity index (χ1) is 14.3. The summed E-state index contributed by atoms with van der Waals surface area (Å²) in [6, 6.07) is 18.4. The van der Waals surface area contributed by atoms with E-state index in [2.05, 4.69) is 34.6 Å². The molecule has 29 heavy (non-hydrogen) atoms. The van der Waals surface area contributed by atoms with Gasteiger partial charge < -0.3 is 15.2 Å². The molecule has 3 aromatic rings. The number of fused-ring (bicyclic) bond motifs is 3. The first kappa shape index (κ1) is 18.9. The van der Waals surface area contributed by atoms with Gasteiger partial charge in [0, 0.05) is 24.9 Å². The number of hydrogen-bond donors (Lipinski definition) is 2. The predicted molar refractivity (Wildman–Crippen MR) is 112 cm³/mol. The summed E-state index contributed by atoms with van der Waals surface area (Å²) in [4.78, 5) is 16.2. The van der Waals surface area contributed by atoms with Crippen molar-refractivity contribution in [1.82, 2.24) is 10.3 Å². The second kappa shape index (κ2) is 8.71. The minimum absolute atomic E-state index is 0.0489. The van der Waals surface area contributed by atoms with Crippen LogP contribution in [0.5, 0.6) is 0 Å². The molecule has 1 aliphatic rings. The Labute approximate surface area is 169 Å². The van der Waals surface area contributed by atoms with Gasteiger partial charge in [-0.2, -0.15) is 0 Å². The molecule has 1 aliphatic carbocycles. The van der Waals surface area contributed by atoms with Gasteiger partial charge in [-0.25, -0.2) is 4.79 Å². The third-order valence-corrected chi connectivity index (χ3v) is 5.02. The molecule has 146 valence electrons. The number of benzene rings is 2. The lowest BCUT2D eigenvalue weighted by atomic mass is 9.98. The van der Waals surface area contributed by atoms with Crippen LogP contribution >= 0.6 is 0 Å². The summed E-state index contributed by atoms with van der Waals surface area (Å²) >= 11 is 0. The monoisotopic (exact) mass is 386 g/mol. The molecule has 0 unspecified atom stereocenters. The Morgan fingerprint density at radius 2 is 1.76 bits per heavy atom. The van der Waals surface area contributed by atoms with Gasteiger partial charge in [0.1, 0.15) is 6.61 Å². The van der Waals surface area contributed by atoms with Gasteiger partial charge in [0.25, 0.3) is 0 Å². The Kier molecular flexibility index (Phi) is 5.68. The summed E-state index contributed by atoms with van der Waals surface area (Å²) in [5.41, 5.74) is 6.41. The lowest BCUT2D eigenvalue weighted by molar-refractivity contribution is 0.144. The van der Waals surface area contributed by atoms with Crippen LogP contribution in [0.2, 0.25) is 0 Å². The molecule has 4 rings (SSSR count). The van der Waals surface area contributed by atoms with Crippen LogP contribution in [-0.2, 0) is 11.3 Å². The van der Waals surface area contributed by atoms with E-state index in [0.717, 1.165) is 11.1 Å². The molecule has 0 saturated carbocycles. The molecule has 5 heteroatoms. The topological polar surface area (TPSA) is 71.5 Å². The van der Waals surface area contributed by atoms with Crippen LogP contribution in [0, 0.1) is 0 Å². The maximum absolute atomic E-state index is 12.1. The molecule has 0 aliphatic heterocycles. The van der Waals surface area contributed by atoms with Crippen LogP contribution in [0.3, 0.4) is 0 Å². The molecule has 2 aromatic carbocycles. The highest BCUT2D eigenvalue weighted by Crippen LogP contribution is 2.44. The molecule has 0 spiro atoms. The summed E-state index contributed by atoms with van der Waals surface area (Å²) < 4.78 is 5.50. The van der Waals surface area contributed by atoms with Crippen LogP contribution in [-0.4, -0.2) is 29.3 Å². The smallest absolute Gasteiger partial charge is 0.407 e. The fraction of sp³-hybridized carbons (Fsp3) is 0.167. The van der Waals surface area contributed by atoms with Crippen molar-refractivity contribution in [3.63, 3.8) is 0 Å². The van der Waals surface area contributed by atoms with Gasteiger partial charge in [-0.3, -0.25) is 4.98 Å². The van der Waals surface area contributed by atoms with Crippen LogP contribution in [0.15, 0.2) is 73.1 Å². The first-order valence-corrected chi connectivity index (χ1v) is 9.56. The molecule has 0 bridgehead atoms. The van der Waals surface area contributed by atoms with Gasteiger partial charge >= 0.3 is 6.09 Å². The largest absolute Gasteiger partial charge is 0.449 e. The Morgan fingerprint density at radius 3 is 2.45 bits per heavy atom. The van der Waals surface area contributed by atoms with Crippen molar-refractivity contribution in [3.05, 3.63) is 95.3 Å². The molecule has 0 fully saturated rings. The Bertz CT molecular complexity index is 1000. The zero-order valence-electron chi connectivity index (χ0n) is 15.9. The van der Waals surface area contributed by atoms with Crippen molar-refractivity contribution in [2.45, 2.75) is 12.5 Å². The molecule has 0 saturated heterocycles. The number of ether oxygens (including phenoxy) is 1. The summed E-state index contributed by atoms with van der Waals surface area (Å²) in [7, 11) is 0. The maximum Gasteiger partial charge on any atom is 0.407 e. The van der Waals surface area contributed by atoms with Crippen molar-refractivity contribution >= 4 is 12.2 Å². The molecule has 0 radical (unpaired) electrons. The first-order valence-electron chi connectivity index (χ1n) is 9.56. The highest BCUT2D eigenvalue weighted by atomic mass is 16.5. The van der Waals surface area contributed by atoms with Crippen molar-refractivity contribution in [2.24, 2.45) is 0 Å². The molecule has 0 atom stereocenters. The van der Waals surface area contributed by atoms with Crippen molar-refractivity contribution < 1.29 is 14.6 Å². The average molecular weight is 386 g/mol. The minimum Gasteiger partial charge on any atom is -0.449 e.